The van der Waals surface area contributed by atoms with Gasteiger partial charge in [0.1, 0.15) is 17.6 Å². The van der Waals surface area contributed by atoms with Gasteiger partial charge >= 0.3 is 0 Å². The first-order chi connectivity index (χ1) is 19.3. The molecule has 40 heavy (non-hydrogen) atoms. The minimum atomic E-state index is -1.01. The van der Waals surface area contributed by atoms with Crippen LogP contribution in [0.15, 0.2) is 101 Å². The highest BCUT2D eigenvalue weighted by Crippen LogP contribution is 2.47. The van der Waals surface area contributed by atoms with Gasteiger partial charge in [0.25, 0.3) is 0 Å². The van der Waals surface area contributed by atoms with Crippen molar-refractivity contribution in [3.05, 3.63) is 118 Å². The van der Waals surface area contributed by atoms with E-state index in [2.05, 4.69) is 15.9 Å². The zero-order chi connectivity index (χ0) is 28.1. The monoisotopic (exact) mass is 600 g/mol. The van der Waals surface area contributed by atoms with Crippen LogP contribution in [-0.4, -0.2) is 47.5 Å². The molecule has 3 aromatic rings. The minimum absolute atomic E-state index is 0.228. The smallest absolute Gasteiger partial charge is 0.240 e. The van der Waals surface area contributed by atoms with E-state index in [1.807, 2.05) is 6.07 Å². The van der Waals surface area contributed by atoms with Gasteiger partial charge < -0.3 is 9.64 Å². The fourth-order valence-electron chi connectivity index (χ4n) is 5.79. The number of hydrogen-bond donors (Lipinski definition) is 0. The molecular formula is C31H22BrFN2O5. The van der Waals surface area contributed by atoms with Gasteiger partial charge in [-0.1, -0.05) is 36.4 Å². The van der Waals surface area contributed by atoms with Crippen LogP contribution < -0.4 is 9.64 Å². The molecule has 0 radical (unpaired) electrons. The van der Waals surface area contributed by atoms with Crippen molar-refractivity contribution in [3.63, 3.8) is 0 Å². The number of carbonyl (C=O) groups excluding carboxylic acids is 4. The van der Waals surface area contributed by atoms with Gasteiger partial charge in [-0.15, -0.1) is 0 Å². The summed E-state index contributed by atoms with van der Waals surface area (Å²) in [6.45, 7) is 0. The van der Waals surface area contributed by atoms with Crippen molar-refractivity contribution >= 4 is 45.0 Å². The Balaban J connectivity index is 1.43. The normalized spacial score (nSPS) is 23.1. The number of carbonyl (C=O) groups is 4. The summed E-state index contributed by atoms with van der Waals surface area (Å²) < 4.78 is 19.5. The van der Waals surface area contributed by atoms with Crippen molar-refractivity contribution in [2.45, 2.75) is 12.1 Å². The van der Waals surface area contributed by atoms with E-state index in [9.17, 15) is 23.6 Å². The molecule has 0 aromatic heterocycles. The van der Waals surface area contributed by atoms with Crippen molar-refractivity contribution in [2.75, 3.05) is 12.0 Å². The first-order valence-corrected chi connectivity index (χ1v) is 13.4. The number of ether oxygens (including phenoxy) is 1. The molecule has 0 aliphatic carbocycles. The maximum absolute atomic E-state index is 14.0. The molecule has 0 spiro atoms. The lowest BCUT2D eigenvalue weighted by Crippen LogP contribution is -2.46. The second-order valence-corrected chi connectivity index (χ2v) is 10.6. The van der Waals surface area contributed by atoms with Gasteiger partial charge in [-0.3, -0.25) is 19.2 Å². The van der Waals surface area contributed by atoms with Crippen LogP contribution in [0.1, 0.15) is 20.7 Å². The lowest BCUT2D eigenvalue weighted by Gasteiger charge is -2.33. The van der Waals surface area contributed by atoms with Crippen LogP contribution in [0.25, 0.3) is 0 Å². The fourth-order valence-corrected chi connectivity index (χ4v) is 6.33. The van der Waals surface area contributed by atoms with Gasteiger partial charge in [0.05, 0.1) is 35.1 Å². The first kappa shape index (κ1) is 25.9. The van der Waals surface area contributed by atoms with E-state index in [1.165, 1.54) is 31.4 Å². The molecule has 6 rings (SSSR count). The molecule has 4 atom stereocenters. The number of halogens is 2. The van der Waals surface area contributed by atoms with Crippen LogP contribution in [0.5, 0.6) is 5.75 Å². The summed E-state index contributed by atoms with van der Waals surface area (Å²) >= 11 is 3.41. The van der Waals surface area contributed by atoms with Crippen molar-refractivity contribution in [2.24, 2.45) is 11.8 Å². The number of nitrogens with zero attached hydrogens (tertiary/aromatic N) is 2. The number of anilines is 1. The number of ketones is 2. The van der Waals surface area contributed by atoms with E-state index in [0.717, 1.165) is 4.90 Å². The molecule has 3 heterocycles. The first-order valence-electron chi connectivity index (χ1n) is 12.6. The van der Waals surface area contributed by atoms with E-state index in [0.29, 0.717) is 26.9 Å². The summed E-state index contributed by atoms with van der Waals surface area (Å²) in [6, 6.07) is 17.0. The van der Waals surface area contributed by atoms with Crippen LogP contribution >= 0.6 is 15.9 Å². The highest BCUT2D eigenvalue weighted by molar-refractivity contribution is 9.10. The Morgan fingerprint density at radius 3 is 2.27 bits per heavy atom. The van der Waals surface area contributed by atoms with E-state index >= 15 is 0 Å². The average Bonchev–Trinajstić information content (AvgIpc) is 3.44. The molecule has 3 aromatic carbocycles. The Bertz CT molecular complexity index is 1620. The Labute approximate surface area is 237 Å². The van der Waals surface area contributed by atoms with Gasteiger partial charge in [-0.05, 0) is 64.5 Å². The third kappa shape index (κ3) is 4.08. The molecule has 3 aliphatic heterocycles. The van der Waals surface area contributed by atoms with E-state index < -0.39 is 41.6 Å². The Kier molecular flexibility index (Phi) is 6.46. The van der Waals surface area contributed by atoms with Gasteiger partial charge in [-0.25, -0.2) is 9.29 Å². The molecule has 2 amide bonds. The molecule has 3 aliphatic rings. The number of amides is 2. The fraction of sp³-hybridized carbons (Fsp3) is 0.161. The summed E-state index contributed by atoms with van der Waals surface area (Å²) in [7, 11) is 1.51. The summed E-state index contributed by atoms with van der Waals surface area (Å²) in [4.78, 5) is 57.7. The number of allylic oxidation sites excluding steroid dienone is 2. The molecular weight excluding hydrogens is 579 g/mol. The molecule has 9 heteroatoms. The van der Waals surface area contributed by atoms with Crippen molar-refractivity contribution in [1.29, 1.82) is 0 Å². The summed E-state index contributed by atoms with van der Waals surface area (Å²) in [6.07, 6.45) is 4.91. The van der Waals surface area contributed by atoms with Crippen molar-refractivity contribution < 1.29 is 28.3 Å². The second-order valence-electron chi connectivity index (χ2n) is 9.77. The minimum Gasteiger partial charge on any atom is -0.496 e. The Morgan fingerprint density at radius 1 is 0.900 bits per heavy atom. The van der Waals surface area contributed by atoms with Crippen molar-refractivity contribution in [3.8, 4) is 5.75 Å². The van der Waals surface area contributed by atoms with Crippen LogP contribution in [0.2, 0.25) is 0 Å². The standard InChI is InChI=1S/C31H22BrFN2O5/c1-40-24-12-7-18(15-22(24)32)29(37)27-26-25(30(38)35(31(26)39)21-10-8-20(33)9-11-21)23-16-19(13-14-34(23)27)28(36)17-5-3-2-4-6-17/h2-16,23,25-27H,1H3/t23-,25+,26+,27-/m0/s1. The summed E-state index contributed by atoms with van der Waals surface area (Å²) in [5.41, 5.74) is 1.42. The Morgan fingerprint density at radius 2 is 1.60 bits per heavy atom. The number of fused-ring (bicyclic) bond motifs is 3. The number of Topliss-reactive ketones (excluding diaryl/α,β-unsaturated/α-hetero) is 2. The van der Waals surface area contributed by atoms with E-state index in [-0.39, 0.29) is 17.3 Å². The molecule has 200 valence electrons. The number of rotatable bonds is 6. The van der Waals surface area contributed by atoms with E-state index in [1.54, 1.807) is 65.7 Å². The number of hydrogen-bond acceptors (Lipinski definition) is 6. The topological polar surface area (TPSA) is 84.0 Å². The molecule has 0 unspecified atom stereocenters. The highest BCUT2D eigenvalue weighted by Gasteiger charge is 2.63. The van der Waals surface area contributed by atoms with E-state index in [4.69, 9.17) is 4.74 Å². The number of imide groups is 1. The zero-order valence-corrected chi connectivity index (χ0v) is 22.7. The maximum Gasteiger partial charge on any atom is 0.240 e. The molecule has 0 saturated carbocycles. The van der Waals surface area contributed by atoms with Gasteiger partial charge in [-0.2, -0.15) is 0 Å². The predicted octanol–water partition coefficient (Wildman–Crippen LogP) is 4.97. The van der Waals surface area contributed by atoms with Crippen LogP contribution in [0.3, 0.4) is 0 Å². The number of benzene rings is 3. The highest BCUT2D eigenvalue weighted by atomic mass is 79.9. The second kappa shape index (κ2) is 9.98. The molecule has 2 saturated heterocycles. The number of methoxy groups -OCH3 is 1. The predicted molar refractivity (Wildman–Crippen MR) is 148 cm³/mol. The lowest BCUT2D eigenvalue weighted by atomic mass is 9.85. The summed E-state index contributed by atoms with van der Waals surface area (Å²) in [5, 5.41) is 0. The average molecular weight is 601 g/mol. The molecule has 0 N–H and O–H groups in total. The van der Waals surface area contributed by atoms with Crippen LogP contribution in [-0.2, 0) is 9.59 Å². The quantitative estimate of drug-likeness (QED) is 0.293. The molecule has 0 bridgehead atoms. The largest absolute Gasteiger partial charge is 0.496 e. The maximum atomic E-state index is 14.0. The van der Waals surface area contributed by atoms with Crippen molar-refractivity contribution in [1.82, 2.24) is 4.90 Å². The SMILES string of the molecule is COc1ccc(C(=O)[C@@H]2[C@@H]3C(=O)N(c4ccc(F)cc4)C(=O)[C@@H]3[C@@H]3C=C(C(=O)c4ccccc4)C=CN23)cc1Br. The van der Waals surface area contributed by atoms with Gasteiger partial charge in [0.15, 0.2) is 11.6 Å². The Hall–Kier alpha value is -4.37. The van der Waals surface area contributed by atoms with Crippen LogP contribution in [0, 0.1) is 17.7 Å². The summed E-state index contributed by atoms with van der Waals surface area (Å²) in [5.74, 6) is -3.51. The lowest BCUT2D eigenvalue weighted by molar-refractivity contribution is -0.123. The van der Waals surface area contributed by atoms with Gasteiger partial charge in [0.2, 0.25) is 11.8 Å². The third-order valence-electron chi connectivity index (χ3n) is 7.64. The molecule has 7 nitrogen and oxygen atoms in total. The van der Waals surface area contributed by atoms with Gasteiger partial charge in [0, 0.05) is 22.9 Å². The zero-order valence-electron chi connectivity index (χ0n) is 21.2. The van der Waals surface area contributed by atoms with Crippen LogP contribution in [0.4, 0.5) is 10.1 Å². The third-order valence-corrected chi connectivity index (χ3v) is 8.26. The molecule has 2 fully saturated rings.